The van der Waals surface area contributed by atoms with Gasteiger partial charge in [0.1, 0.15) is 0 Å². The van der Waals surface area contributed by atoms with Crippen LogP contribution in [-0.2, 0) is 9.53 Å². The fourth-order valence-electron chi connectivity index (χ4n) is 1.41. The minimum Gasteiger partial charge on any atom is -0.381 e. The Kier molecular flexibility index (Phi) is 6.09. The van der Waals surface area contributed by atoms with Gasteiger partial charge in [-0.3, -0.25) is 4.79 Å². The van der Waals surface area contributed by atoms with E-state index in [1.54, 1.807) is 6.20 Å². The lowest BCUT2D eigenvalue weighted by Crippen LogP contribution is -2.38. The Labute approximate surface area is 101 Å². The van der Waals surface area contributed by atoms with Crippen molar-refractivity contribution in [3.8, 4) is 0 Å². The van der Waals surface area contributed by atoms with E-state index in [2.05, 4.69) is 16.0 Å². The van der Waals surface area contributed by atoms with E-state index in [1.165, 1.54) is 12.5 Å². The zero-order valence-electron chi connectivity index (χ0n) is 10.0. The van der Waals surface area contributed by atoms with Crippen LogP contribution < -0.4 is 16.0 Å². The van der Waals surface area contributed by atoms with Crippen molar-refractivity contribution in [1.82, 2.24) is 16.0 Å². The summed E-state index contributed by atoms with van der Waals surface area (Å²) < 4.78 is 5.20. The number of carbonyl (C=O) groups is 2. The lowest BCUT2D eigenvalue weighted by Gasteiger charge is -2.14. The fraction of sp³-hybridized carbons (Fsp3) is 0.636. The average Bonchev–Trinajstić information content (AvgIpc) is 2.33. The molecule has 0 aromatic rings. The van der Waals surface area contributed by atoms with Crippen LogP contribution in [-0.4, -0.2) is 38.2 Å². The van der Waals surface area contributed by atoms with Crippen LogP contribution in [0.3, 0.4) is 0 Å². The smallest absolute Gasteiger partial charge is 0.318 e. The number of rotatable bonds is 4. The summed E-state index contributed by atoms with van der Waals surface area (Å²) in [7, 11) is 0. The summed E-state index contributed by atoms with van der Waals surface area (Å²) in [6.07, 6.45) is 3.47. The molecule has 6 heteroatoms. The zero-order chi connectivity index (χ0) is 12.5. The van der Waals surface area contributed by atoms with Crippen LogP contribution in [0.25, 0.3) is 0 Å². The minimum atomic E-state index is -0.255. The van der Waals surface area contributed by atoms with Gasteiger partial charge in [0.25, 0.3) is 0 Å². The average molecular weight is 241 g/mol. The van der Waals surface area contributed by atoms with E-state index >= 15 is 0 Å². The van der Waals surface area contributed by atoms with Gasteiger partial charge in [0, 0.05) is 26.2 Å². The van der Waals surface area contributed by atoms with Crippen molar-refractivity contribution in [2.45, 2.75) is 19.8 Å². The van der Waals surface area contributed by atoms with Gasteiger partial charge in [0.15, 0.2) is 0 Å². The predicted molar refractivity (Wildman–Crippen MR) is 63.4 cm³/mol. The minimum absolute atomic E-state index is 0.100. The van der Waals surface area contributed by atoms with Gasteiger partial charge in [-0.25, -0.2) is 4.79 Å². The molecule has 0 aromatic carbocycles. The van der Waals surface area contributed by atoms with E-state index in [1.807, 2.05) is 0 Å². The second-order valence-electron chi connectivity index (χ2n) is 3.80. The second-order valence-corrected chi connectivity index (χ2v) is 3.80. The summed E-state index contributed by atoms with van der Waals surface area (Å²) in [5.74, 6) is -0.100. The highest BCUT2D eigenvalue weighted by Gasteiger charge is 2.05. The summed E-state index contributed by atoms with van der Waals surface area (Å²) in [4.78, 5) is 21.9. The molecule has 0 aromatic heterocycles. The summed E-state index contributed by atoms with van der Waals surface area (Å²) in [6, 6.07) is -0.255. The van der Waals surface area contributed by atoms with E-state index in [4.69, 9.17) is 4.74 Å². The molecule has 17 heavy (non-hydrogen) atoms. The molecule has 1 aliphatic heterocycles. The number of hydrogen-bond acceptors (Lipinski definition) is 3. The number of hydrogen-bond donors (Lipinski definition) is 3. The molecular weight excluding hydrogens is 222 g/mol. The summed E-state index contributed by atoms with van der Waals surface area (Å²) in [5, 5.41) is 7.89. The van der Waals surface area contributed by atoms with Crippen LogP contribution in [0, 0.1) is 0 Å². The van der Waals surface area contributed by atoms with Gasteiger partial charge in [0.05, 0.1) is 13.2 Å². The van der Waals surface area contributed by atoms with Gasteiger partial charge in [-0.15, -0.1) is 0 Å². The number of ether oxygens (including phenoxy) is 1. The molecule has 1 rings (SSSR count). The molecule has 0 unspecified atom stereocenters. The Morgan fingerprint density at radius 3 is 2.53 bits per heavy atom. The van der Waals surface area contributed by atoms with Gasteiger partial charge in [-0.1, -0.05) is 0 Å². The maximum Gasteiger partial charge on any atom is 0.318 e. The molecule has 0 radical (unpaired) electrons. The van der Waals surface area contributed by atoms with Crippen molar-refractivity contribution in [3.05, 3.63) is 11.8 Å². The first-order chi connectivity index (χ1) is 8.18. The van der Waals surface area contributed by atoms with E-state index in [9.17, 15) is 9.59 Å². The Balaban J connectivity index is 2.09. The SMILES string of the molecule is CC(=O)NCCNC(=O)NC=C1CCOCC1. The molecular formula is C11H19N3O3. The van der Waals surface area contributed by atoms with E-state index in [0.29, 0.717) is 13.1 Å². The van der Waals surface area contributed by atoms with Crippen molar-refractivity contribution in [3.63, 3.8) is 0 Å². The van der Waals surface area contributed by atoms with Gasteiger partial charge in [0.2, 0.25) is 5.91 Å². The maximum absolute atomic E-state index is 11.3. The molecule has 0 saturated carbocycles. The van der Waals surface area contributed by atoms with Gasteiger partial charge < -0.3 is 20.7 Å². The van der Waals surface area contributed by atoms with Crippen LogP contribution in [0.5, 0.6) is 0 Å². The van der Waals surface area contributed by atoms with Crippen LogP contribution in [0.1, 0.15) is 19.8 Å². The lowest BCUT2D eigenvalue weighted by atomic mass is 10.1. The molecule has 3 amide bonds. The largest absolute Gasteiger partial charge is 0.381 e. The predicted octanol–water partition coefficient (Wildman–Crippen LogP) is 0.116. The monoisotopic (exact) mass is 241 g/mol. The molecule has 6 nitrogen and oxygen atoms in total. The van der Waals surface area contributed by atoms with Gasteiger partial charge >= 0.3 is 6.03 Å². The van der Waals surface area contributed by atoms with E-state index in [0.717, 1.165) is 26.1 Å². The summed E-state index contributed by atoms with van der Waals surface area (Å²) >= 11 is 0. The van der Waals surface area contributed by atoms with E-state index < -0.39 is 0 Å². The standard InChI is InChI=1S/C11H19N3O3/c1-9(15)12-4-5-13-11(16)14-8-10-2-6-17-7-3-10/h8H,2-7H2,1H3,(H,12,15)(H2,13,14,16). The zero-order valence-corrected chi connectivity index (χ0v) is 10.0. The number of urea groups is 1. The molecule has 0 aliphatic carbocycles. The highest BCUT2D eigenvalue weighted by molar-refractivity contribution is 5.75. The molecule has 1 fully saturated rings. The van der Waals surface area contributed by atoms with Crippen molar-refractivity contribution in [2.75, 3.05) is 26.3 Å². The Morgan fingerprint density at radius 2 is 1.88 bits per heavy atom. The van der Waals surface area contributed by atoms with Crippen LogP contribution in [0.4, 0.5) is 4.79 Å². The summed E-state index contributed by atoms with van der Waals surface area (Å²) in [6.45, 7) is 3.73. The number of nitrogens with one attached hydrogen (secondary N) is 3. The number of carbonyl (C=O) groups excluding carboxylic acids is 2. The first-order valence-electron chi connectivity index (χ1n) is 5.73. The van der Waals surface area contributed by atoms with Crippen molar-refractivity contribution >= 4 is 11.9 Å². The van der Waals surface area contributed by atoms with Crippen molar-refractivity contribution in [1.29, 1.82) is 0 Å². The highest BCUT2D eigenvalue weighted by atomic mass is 16.5. The molecule has 96 valence electrons. The Hall–Kier alpha value is -1.56. The third-order valence-electron chi connectivity index (χ3n) is 2.33. The second kappa shape index (κ2) is 7.67. The van der Waals surface area contributed by atoms with Crippen LogP contribution in [0.2, 0.25) is 0 Å². The highest BCUT2D eigenvalue weighted by Crippen LogP contribution is 2.11. The molecule has 1 aliphatic rings. The normalized spacial score (nSPS) is 15.0. The quantitative estimate of drug-likeness (QED) is 0.611. The third-order valence-corrected chi connectivity index (χ3v) is 2.33. The molecule has 0 atom stereocenters. The van der Waals surface area contributed by atoms with Gasteiger partial charge in [-0.05, 0) is 18.4 Å². The Morgan fingerprint density at radius 1 is 1.24 bits per heavy atom. The van der Waals surface area contributed by atoms with Crippen molar-refractivity contribution < 1.29 is 14.3 Å². The molecule has 3 N–H and O–H groups in total. The first-order valence-corrected chi connectivity index (χ1v) is 5.73. The summed E-state index contributed by atoms with van der Waals surface area (Å²) in [5.41, 5.74) is 1.19. The third kappa shape index (κ3) is 6.57. The lowest BCUT2D eigenvalue weighted by molar-refractivity contribution is -0.118. The van der Waals surface area contributed by atoms with Crippen molar-refractivity contribution in [2.24, 2.45) is 0 Å². The topological polar surface area (TPSA) is 79.5 Å². The maximum atomic E-state index is 11.3. The first kappa shape index (κ1) is 13.5. The molecule has 0 spiro atoms. The van der Waals surface area contributed by atoms with Crippen LogP contribution in [0.15, 0.2) is 11.8 Å². The van der Waals surface area contributed by atoms with E-state index in [-0.39, 0.29) is 11.9 Å². The number of amides is 3. The molecule has 1 heterocycles. The fourth-order valence-corrected chi connectivity index (χ4v) is 1.41. The molecule has 1 saturated heterocycles. The van der Waals surface area contributed by atoms with Crippen LogP contribution >= 0.6 is 0 Å². The Bertz CT molecular complexity index is 294. The van der Waals surface area contributed by atoms with Gasteiger partial charge in [-0.2, -0.15) is 0 Å². The molecule has 0 bridgehead atoms.